The summed E-state index contributed by atoms with van der Waals surface area (Å²) in [4.78, 5) is 11.1. The first-order valence-electron chi connectivity index (χ1n) is 4.03. The van der Waals surface area contributed by atoms with Crippen molar-refractivity contribution in [2.45, 2.75) is 12.5 Å². The van der Waals surface area contributed by atoms with Crippen LogP contribution < -0.4 is 11.2 Å². The van der Waals surface area contributed by atoms with Gasteiger partial charge in [-0.2, -0.15) is 0 Å². The van der Waals surface area contributed by atoms with Crippen molar-refractivity contribution in [2.24, 2.45) is 5.84 Å². The summed E-state index contributed by atoms with van der Waals surface area (Å²) in [5.41, 5.74) is 0. The molecule has 0 spiro atoms. The fourth-order valence-electron chi connectivity index (χ4n) is 1.09. The van der Waals surface area contributed by atoms with Crippen LogP contribution >= 0.6 is 0 Å². The Hall–Kier alpha value is -0.650. The third kappa shape index (κ3) is 2.77. The zero-order chi connectivity index (χ0) is 8.97. The number of nitrogens with one attached hydrogen (secondary N) is 1. The summed E-state index contributed by atoms with van der Waals surface area (Å²) in [6.07, 6.45) is 0.345. The lowest BCUT2D eigenvalue weighted by molar-refractivity contribution is -0.133. The van der Waals surface area contributed by atoms with E-state index in [2.05, 4.69) is 5.32 Å². The molecule has 0 aromatic heterocycles. The van der Waals surface area contributed by atoms with Crippen molar-refractivity contribution >= 4 is 5.91 Å². The third-order valence-corrected chi connectivity index (χ3v) is 1.80. The predicted molar refractivity (Wildman–Crippen MR) is 44.2 cm³/mol. The van der Waals surface area contributed by atoms with Gasteiger partial charge in [-0.05, 0) is 0 Å². The molecule has 1 rings (SSSR count). The topological polar surface area (TPSA) is 67.6 Å². The van der Waals surface area contributed by atoms with Crippen molar-refractivity contribution in [2.75, 3.05) is 26.7 Å². The lowest BCUT2D eigenvalue weighted by Crippen LogP contribution is -2.43. The number of amides is 1. The zero-order valence-electron chi connectivity index (χ0n) is 7.25. The Morgan fingerprint density at radius 3 is 3.08 bits per heavy atom. The number of carbonyl (C=O) groups is 1. The minimum atomic E-state index is -0.0938. The second-order valence-electron chi connectivity index (χ2n) is 2.91. The molecule has 5 nitrogen and oxygen atoms in total. The number of hydrogen-bond acceptors (Lipinski definition) is 4. The molecule has 1 aliphatic rings. The molecule has 70 valence electrons. The summed E-state index contributed by atoms with van der Waals surface area (Å²) in [5, 5.41) is 4.24. The maximum absolute atomic E-state index is 11.1. The molecule has 1 saturated heterocycles. The summed E-state index contributed by atoms with van der Waals surface area (Å²) in [6.45, 7) is 2.27. The van der Waals surface area contributed by atoms with Crippen LogP contribution in [0.1, 0.15) is 6.42 Å². The maximum atomic E-state index is 11.1. The van der Waals surface area contributed by atoms with Gasteiger partial charge < -0.3 is 10.1 Å². The molecule has 1 fully saturated rings. The SMILES string of the molecule is CN(N)C(=O)CC1CNCCO1. The van der Waals surface area contributed by atoms with E-state index >= 15 is 0 Å². The number of carbonyl (C=O) groups excluding carboxylic acids is 1. The smallest absolute Gasteiger partial charge is 0.238 e. The molecule has 1 atom stereocenters. The van der Waals surface area contributed by atoms with Crippen molar-refractivity contribution < 1.29 is 9.53 Å². The maximum Gasteiger partial charge on any atom is 0.238 e. The molecule has 1 unspecified atom stereocenters. The first kappa shape index (κ1) is 9.44. The van der Waals surface area contributed by atoms with Gasteiger partial charge in [-0.25, -0.2) is 5.84 Å². The second-order valence-corrected chi connectivity index (χ2v) is 2.91. The zero-order valence-corrected chi connectivity index (χ0v) is 7.25. The van der Waals surface area contributed by atoms with Gasteiger partial charge in [0.2, 0.25) is 5.91 Å². The standard InChI is InChI=1S/C7H15N3O2/c1-10(8)7(11)4-6-5-9-2-3-12-6/h6,9H,2-5,8H2,1H3. The van der Waals surface area contributed by atoms with Crippen LogP contribution in [0.3, 0.4) is 0 Å². The summed E-state index contributed by atoms with van der Waals surface area (Å²) in [5.74, 6) is 5.17. The highest BCUT2D eigenvalue weighted by molar-refractivity contribution is 5.75. The van der Waals surface area contributed by atoms with Crippen molar-refractivity contribution in [3.8, 4) is 0 Å². The first-order chi connectivity index (χ1) is 5.70. The summed E-state index contributed by atoms with van der Waals surface area (Å²) < 4.78 is 5.33. The van der Waals surface area contributed by atoms with Crippen molar-refractivity contribution in [3.05, 3.63) is 0 Å². The fourth-order valence-corrected chi connectivity index (χ4v) is 1.09. The van der Waals surface area contributed by atoms with Crippen LogP contribution in [0, 0.1) is 0 Å². The molecule has 0 bridgehead atoms. The quantitative estimate of drug-likeness (QED) is 0.309. The van der Waals surface area contributed by atoms with Gasteiger partial charge in [-0.15, -0.1) is 0 Å². The Morgan fingerprint density at radius 2 is 2.58 bits per heavy atom. The van der Waals surface area contributed by atoms with E-state index in [1.807, 2.05) is 0 Å². The Bertz CT molecular complexity index is 155. The van der Waals surface area contributed by atoms with Crippen LogP contribution in [-0.4, -0.2) is 43.8 Å². The van der Waals surface area contributed by atoms with E-state index in [0.29, 0.717) is 13.0 Å². The Balaban J connectivity index is 2.24. The van der Waals surface area contributed by atoms with E-state index in [4.69, 9.17) is 10.6 Å². The van der Waals surface area contributed by atoms with E-state index in [1.165, 1.54) is 0 Å². The lowest BCUT2D eigenvalue weighted by atomic mass is 10.2. The summed E-state index contributed by atoms with van der Waals surface area (Å²) in [6, 6.07) is 0. The van der Waals surface area contributed by atoms with Crippen LogP contribution in [0.4, 0.5) is 0 Å². The molecule has 5 heteroatoms. The van der Waals surface area contributed by atoms with Crippen LogP contribution in [0.25, 0.3) is 0 Å². The minimum absolute atomic E-state index is 0.0164. The van der Waals surface area contributed by atoms with E-state index in [1.54, 1.807) is 7.05 Å². The molecule has 1 amide bonds. The Morgan fingerprint density at radius 1 is 1.83 bits per heavy atom. The lowest BCUT2D eigenvalue weighted by Gasteiger charge is -2.23. The van der Waals surface area contributed by atoms with Gasteiger partial charge in [0.1, 0.15) is 0 Å². The van der Waals surface area contributed by atoms with Crippen LogP contribution in [0.2, 0.25) is 0 Å². The molecular formula is C7H15N3O2. The van der Waals surface area contributed by atoms with Crippen molar-refractivity contribution in [3.63, 3.8) is 0 Å². The van der Waals surface area contributed by atoms with Gasteiger partial charge in [-0.3, -0.25) is 9.80 Å². The van der Waals surface area contributed by atoms with Gasteiger partial charge in [-0.1, -0.05) is 0 Å². The Kier molecular flexibility index (Phi) is 3.46. The predicted octanol–water partition coefficient (Wildman–Crippen LogP) is -1.30. The number of ether oxygens (including phenoxy) is 1. The molecule has 0 aliphatic carbocycles. The summed E-state index contributed by atoms with van der Waals surface area (Å²) in [7, 11) is 1.54. The minimum Gasteiger partial charge on any atom is -0.375 e. The van der Waals surface area contributed by atoms with E-state index in [9.17, 15) is 4.79 Å². The first-order valence-corrected chi connectivity index (χ1v) is 4.03. The van der Waals surface area contributed by atoms with Crippen LogP contribution in [0.15, 0.2) is 0 Å². The van der Waals surface area contributed by atoms with Crippen LogP contribution in [0.5, 0.6) is 0 Å². The molecule has 0 radical (unpaired) electrons. The normalized spacial score (nSPS) is 23.7. The van der Waals surface area contributed by atoms with E-state index < -0.39 is 0 Å². The number of morpholine rings is 1. The molecule has 12 heavy (non-hydrogen) atoms. The summed E-state index contributed by atoms with van der Waals surface area (Å²) >= 11 is 0. The van der Waals surface area contributed by atoms with E-state index in [-0.39, 0.29) is 12.0 Å². The van der Waals surface area contributed by atoms with Gasteiger partial charge >= 0.3 is 0 Å². The molecule has 0 aromatic carbocycles. The van der Waals surface area contributed by atoms with E-state index in [0.717, 1.165) is 18.1 Å². The molecule has 1 aliphatic heterocycles. The Labute approximate surface area is 71.8 Å². The molecular weight excluding hydrogens is 158 g/mol. The number of hydrazine groups is 1. The number of rotatable bonds is 2. The number of nitrogens with zero attached hydrogens (tertiary/aromatic N) is 1. The average Bonchev–Trinajstić information content (AvgIpc) is 2.06. The largest absolute Gasteiger partial charge is 0.375 e. The van der Waals surface area contributed by atoms with Crippen molar-refractivity contribution in [1.82, 2.24) is 10.3 Å². The van der Waals surface area contributed by atoms with Gasteiger partial charge in [0.05, 0.1) is 19.1 Å². The highest BCUT2D eigenvalue weighted by Crippen LogP contribution is 2.02. The molecule has 0 aromatic rings. The van der Waals surface area contributed by atoms with Crippen LogP contribution in [-0.2, 0) is 9.53 Å². The highest BCUT2D eigenvalue weighted by atomic mass is 16.5. The number of hydrogen-bond donors (Lipinski definition) is 2. The third-order valence-electron chi connectivity index (χ3n) is 1.80. The molecule has 3 N–H and O–H groups in total. The monoisotopic (exact) mass is 173 g/mol. The molecule has 0 saturated carbocycles. The average molecular weight is 173 g/mol. The molecule has 1 heterocycles. The van der Waals surface area contributed by atoms with Gasteiger partial charge in [0, 0.05) is 20.1 Å². The highest BCUT2D eigenvalue weighted by Gasteiger charge is 2.18. The van der Waals surface area contributed by atoms with Gasteiger partial charge in [0.25, 0.3) is 0 Å². The fraction of sp³-hybridized carbons (Fsp3) is 0.857. The number of nitrogens with two attached hydrogens (primary N) is 1. The second kappa shape index (κ2) is 4.39. The van der Waals surface area contributed by atoms with Gasteiger partial charge in [0.15, 0.2) is 0 Å². The van der Waals surface area contributed by atoms with Crippen molar-refractivity contribution in [1.29, 1.82) is 0 Å².